The fourth-order valence-electron chi connectivity index (χ4n) is 1.70. The number of rotatable bonds is 3. The summed E-state index contributed by atoms with van der Waals surface area (Å²) in [7, 11) is 1.77. The zero-order valence-electron chi connectivity index (χ0n) is 9.31. The number of ether oxygens (including phenoxy) is 1. The minimum atomic E-state index is -0.356. The number of carbonyl (C=O) groups excluding carboxylic acids is 1. The second kappa shape index (κ2) is 5.14. The molecule has 5 nitrogen and oxygen atoms in total. The molecule has 1 atom stereocenters. The molecule has 0 radical (unpaired) electrons. The van der Waals surface area contributed by atoms with Crippen molar-refractivity contribution >= 4 is 5.91 Å². The Bertz CT molecular complexity index is 331. The molecule has 16 heavy (non-hydrogen) atoms. The minimum Gasteiger partial charge on any atom is -0.472 e. The summed E-state index contributed by atoms with van der Waals surface area (Å²) in [4.78, 5) is 13.6. The van der Waals surface area contributed by atoms with Gasteiger partial charge in [0.2, 0.25) is 0 Å². The van der Waals surface area contributed by atoms with Gasteiger partial charge in [0.25, 0.3) is 5.91 Å². The summed E-state index contributed by atoms with van der Waals surface area (Å²) in [5.74, 6) is 0.00778. The average Bonchev–Trinajstić information content (AvgIpc) is 2.82. The van der Waals surface area contributed by atoms with Crippen molar-refractivity contribution in [3.8, 4) is 0 Å². The molecule has 0 bridgehead atoms. The minimum absolute atomic E-state index is 0.00778. The van der Waals surface area contributed by atoms with Crippen LogP contribution in [0.1, 0.15) is 5.56 Å². The van der Waals surface area contributed by atoms with Gasteiger partial charge in [-0.25, -0.2) is 0 Å². The van der Waals surface area contributed by atoms with Crippen molar-refractivity contribution < 1.29 is 13.9 Å². The van der Waals surface area contributed by atoms with Crippen LogP contribution in [0.2, 0.25) is 0 Å². The van der Waals surface area contributed by atoms with E-state index in [9.17, 15) is 4.79 Å². The molecular weight excluding hydrogens is 208 g/mol. The van der Waals surface area contributed by atoms with Crippen LogP contribution >= 0.6 is 0 Å². The molecule has 2 heterocycles. The molecule has 1 aromatic heterocycles. The topological polar surface area (TPSA) is 54.7 Å². The van der Waals surface area contributed by atoms with Crippen molar-refractivity contribution in [3.63, 3.8) is 0 Å². The highest BCUT2D eigenvalue weighted by Gasteiger charge is 2.24. The van der Waals surface area contributed by atoms with Gasteiger partial charge >= 0.3 is 0 Å². The van der Waals surface area contributed by atoms with Gasteiger partial charge in [0.1, 0.15) is 6.10 Å². The van der Waals surface area contributed by atoms with E-state index in [2.05, 4.69) is 5.32 Å². The Balaban J connectivity index is 1.88. The SMILES string of the molecule is CN(Cc1ccoc1)C(=O)C1CNCCO1. The fraction of sp³-hybridized carbons (Fsp3) is 0.545. The van der Waals surface area contributed by atoms with Gasteiger partial charge in [-0.15, -0.1) is 0 Å². The quantitative estimate of drug-likeness (QED) is 0.798. The Labute approximate surface area is 94.4 Å². The van der Waals surface area contributed by atoms with E-state index < -0.39 is 0 Å². The van der Waals surface area contributed by atoms with Crippen molar-refractivity contribution in [1.29, 1.82) is 0 Å². The average molecular weight is 224 g/mol. The molecule has 0 aromatic carbocycles. The third kappa shape index (κ3) is 2.62. The third-order valence-corrected chi connectivity index (χ3v) is 2.58. The molecule has 1 unspecified atom stereocenters. The van der Waals surface area contributed by atoms with Crippen molar-refractivity contribution in [2.75, 3.05) is 26.7 Å². The monoisotopic (exact) mass is 224 g/mol. The molecule has 1 N–H and O–H groups in total. The summed E-state index contributed by atoms with van der Waals surface area (Å²) in [6, 6.07) is 1.85. The summed E-state index contributed by atoms with van der Waals surface area (Å²) in [5.41, 5.74) is 0.986. The Morgan fingerprint density at radius 1 is 1.69 bits per heavy atom. The third-order valence-electron chi connectivity index (χ3n) is 2.58. The molecule has 1 saturated heterocycles. The van der Waals surface area contributed by atoms with Gasteiger partial charge in [-0.3, -0.25) is 4.79 Å². The number of nitrogens with one attached hydrogen (secondary N) is 1. The van der Waals surface area contributed by atoms with Gasteiger partial charge in [0.15, 0.2) is 0 Å². The summed E-state index contributed by atoms with van der Waals surface area (Å²) in [6.07, 6.45) is 2.89. The first-order valence-corrected chi connectivity index (χ1v) is 5.36. The molecule has 0 spiro atoms. The summed E-state index contributed by atoms with van der Waals surface area (Å²) in [6.45, 7) is 2.55. The predicted molar refractivity (Wildman–Crippen MR) is 57.8 cm³/mol. The highest BCUT2D eigenvalue weighted by atomic mass is 16.5. The van der Waals surface area contributed by atoms with Crippen LogP contribution in [-0.2, 0) is 16.1 Å². The molecule has 1 fully saturated rings. The van der Waals surface area contributed by atoms with Gasteiger partial charge < -0.3 is 19.4 Å². The van der Waals surface area contributed by atoms with E-state index in [-0.39, 0.29) is 12.0 Å². The molecule has 1 aliphatic rings. The van der Waals surface area contributed by atoms with Crippen LogP contribution in [0.4, 0.5) is 0 Å². The van der Waals surface area contributed by atoms with E-state index in [1.807, 2.05) is 6.07 Å². The number of carbonyl (C=O) groups is 1. The Morgan fingerprint density at radius 2 is 2.56 bits per heavy atom. The van der Waals surface area contributed by atoms with Crippen LogP contribution in [0.15, 0.2) is 23.0 Å². The lowest BCUT2D eigenvalue weighted by Crippen LogP contribution is -2.48. The Kier molecular flexibility index (Phi) is 3.58. The zero-order chi connectivity index (χ0) is 11.4. The van der Waals surface area contributed by atoms with E-state index in [4.69, 9.17) is 9.15 Å². The normalized spacial score (nSPS) is 20.7. The van der Waals surface area contributed by atoms with Crippen LogP contribution in [0.3, 0.4) is 0 Å². The number of nitrogens with zero attached hydrogens (tertiary/aromatic N) is 1. The lowest BCUT2D eigenvalue weighted by molar-refractivity contribution is -0.144. The maximum atomic E-state index is 12.0. The molecule has 2 rings (SSSR count). The standard InChI is InChI=1S/C11H16N2O3/c1-13(7-9-2-4-15-8-9)11(14)10-6-12-3-5-16-10/h2,4,8,10,12H,3,5-7H2,1H3. The largest absolute Gasteiger partial charge is 0.472 e. The molecule has 5 heteroatoms. The van der Waals surface area contributed by atoms with Gasteiger partial charge in [0, 0.05) is 32.2 Å². The van der Waals surface area contributed by atoms with Crippen LogP contribution in [0.25, 0.3) is 0 Å². The number of hydrogen-bond acceptors (Lipinski definition) is 4. The molecular formula is C11H16N2O3. The van der Waals surface area contributed by atoms with Crippen molar-refractivity contribution in [1.82, 2.24) is 10.2 Å². The number of hydrogen-bond donors (Lipinski definition) is 1. The highest BCUT2D eigenvalue weighted by Crippen LogP contribution is 2.07. The number of furan rings is 1. The van der Waals surface area contributed by atoms with E-state index >= 15 is 0 Å². The summed E-state index contributed by atoms with van der Waals surface area (Å²) < 4.78 is 10.4. The first kappa shape index (κ1) is 11.2. The van der Waals surface area contributed by atoms with Crippen molar-refractivity contribution in [2.45, 2.75) is 12.6 Å². The predicted octanol–water partition coefficient (Wildman–Crippen LogP) is 0.226. The van der Waals surface area contributed by atoms with Gasteiger partial charge in [-0.2, -0.15) is 0 Å². The maximum absolute atomic E-state index is 12.0. The lowest BCUT2D eigenvalue weighted by Gasteiger charge is -2.27. The molecule has 1 aromatic rings. The number of morpholine rings is 1. The molecule has 0 aliphatic carbocycles. The molecule has 1 amide bonds. The molecule has 0 saturated carbocycles. The summed E-state index contributed by atoms with van der Waals surface area (Å²) in [5, 5.41) is 3.14. The Hall–Kier alpha value is -1.33. The number of likely N-dealkylation sites (N-methyl/N-ethyl adjacent to an activating group) is 1. The van der Waals surface area contributed by atoms with Gasteiger partial charge in [-0.1, -0.05) is 0 Å². The summed E-state index contributed by atoms with van der Waals surface area (Å²) >= 11 is 0. The van der Waals surface area contributed by atoms with Gasteiger partial charge in [-0.05, 0) is 6.07 Å². The first-order valence-electron chi connectivity index (χ1n) is 5.36. The van der Waals surface area contributed by atoms with Crippen LogP contribution in [0.5, 0.6) is 0 Å². The van der Waals surface area contributed by atoms with Crippen molar-refractivity contribution in [3.05, 3.63) is 24.2 Å². The van der Waals surface area contributed by atoms with E-state index in [0.717, 1.165) is 12.1 Å². The van der Waals surface area contributed by atoms with E-state index in [1.165, 1.54) is 0 Å². The van der Waals surface area contributed by atoms with Crippen LogP contribution in [0, 0.1) is 0 Å². The first-order chi connectivity index (χ1) is 7.77. The maximum Gasteiger partial charge on any atom is 0.253 e. The smallest absolute Gasteiger partial charge is 0.253 e. The zero-order valence-corrected chi connectivity index (χ0v) is 9.31. The van der Waals surface area contributed by atoms with E-state index in [0.29, 0.717) is 19.7 Å². The van der Waals surface area contributed by atoms with Crippen LogP contribution in [-0.4, -0.2) is 43.7 Å². The fourth-order valence-corrected chi connectivity index (χ4v) is 1.70. The molecule has 1 aliphatic heterocycles. The second-order valence-electron chi connectivity index (χ2n) is 3.89. The molecule has 88 valence electrons. The second-order valence-corrected chi connectivity index (χ2v) is 3.89. The number of amides is 1. The van der Waals surface area contributed by atoms with Crippen molar-refractivity contribution in [2.24, 2.45) is 0 Å². The lowest BCUT2D eigenvalue weighted by atomic mass is 10.2. The van der Waals surface area contributed by atoms with Gasteiger partial charge in [0.05, 0.1) is 19.1 Å². The van der Waals surface area contributed by atoms with Crippen LogP contribution < -0.4 is 5.32 Å². The van der Waals surface area contributed by atoms with E-state index in [1.54, 1.807) is 24.5 Å². The highest BCUT2D eigenvalue weighted by molar-refractivity contribution is 5.81. The Morgan fingerprint density at radius 3 is 3.19 bits per heavy atom.